The number of carbonyl (C=O) groups excluding carboxylic acids is 1. The Balaban J connectivity index is 2.84. The molecular weight excluding hydrogens is 194 g/mol. The second-order valence-electron chi connectivity index (χ2n) is 4.37. The lowest BCUT2D eigenvalue weighted by Gasteiger charge is -2.40. The standard InChI is InChI=1S/C11H19NO3/c1-4-5-12-8(3)10(11(14)15)7(2)6-9(12)13/h7-8,10H,4-6H2,1-3H3,(H,14,15). The Labute approximate surface area is 90.3 Å². The maximum Gasteiger partial charge on any atom is 0.308 e. The number of aliphatic carboxylic acids is 1. The first kappa shape index (κ1) is 12.0. The van der Waals surface area contributed by atoms with Crippen LogP contribution in [0.5, 0.6) is 0 Å². The second kappa shape index (κ2) is 4.64. The summed E-state index contributed by atoms with van der Waals surface area (Å²) in [5, 5.41) is 9.11. The highest BCUT2D eigenvalue weighted by Crippen LogP contribution is 2.29. The molecular formula is C11H19NO3. The van der Waals surface area contributed by atoms with Crippen molar-refractivity contribution < 1.29 is 14.7 Å². The van der Waals surface area contributed by atoms with Crippen LogP contribution in [0.3, 0.4) is 0 Å². The summed E-state index contributed by atoms with van der Waals surface area (Å²) in [6, 6.07) is -0.182. The minimum absolute atomic E-state index is 0.0573. The number of amides is 1. The van der Waals surface area contributed by atoms with Gasteiger partial charge in [0.2, 0.25) is 5.91 Å². The molecule has 1 rings (SSSR count). The fourth-order valence-corrected chi connectivity index (χ4v) is 2.44. The van der Waals surface area contributed by atoms with Crippen molar-refractivity contribution >= 4 is 11.9 Å². The van der Waals surface area contributed by atoms with Gasteiger partial charge >= 0.3 is 5.97 Å². The number of hydrogen-bond acceptors (Lipinski definition) is 2. The summed E-state index contributed by atoms with van der Waals surface area (Å²) in [6.07, 6.45) is 1.23. The third-order valence-electron chi connectivity index (χ3n) is 3.19. The largest absolute Gasteiger partial charge is 0.481 e. The molecule has 1 heterocycles. The molecule has 1 saturated heterocycles. The molecule has 15 heavy (non-hydrogen) atoms. The molecule has 1 aliphatic rings. The van der Waals surface area contributed by atoms with Crippen molar-refractivity contribution in [2.45, 2.75) is 39.7 Å². The predicted molar refractivity (Wildman–Crippen MR) is 56.4 cm³/mol. The molecule has 0 bridgehead atoms. The van der Waals surface area contributed by atoms with Crippen LogP contribution in [0.4, 0.5) is 0 Å². The number of carboxylic acids is 1. The van der Waals surface area contributed by atoms with Gasteiger partial charge in [-0.3, -0.25) is 9.59 Å². The minimum atomic E-state index is -0.788. The van der Waals surface area contributed by atoms with E-state index in [4.69, 9.17) is 5.11 Å². The zero-order chi connectivity index (χ0) is 11.6. The quantitative estimate of drug-likeness (QED) is 0.770. The average Bonchev–Trinajstić information content (AvgIpc) is 2.11. The van der Waals surface area contributed by atoms with Gasteiger partial charge in [0, 0.05) is 19.0 Å². The first-order valence-electron chi connectivity index (χ1n) is 5.51. The van der Waals surface area contributed by atoms with Gasteiger partial charge in [-0.1, -0.05) is 13.8 Å². The summed E-state index contributed by atoms with van der Waals surface area (Å²) in [7, 11) is 0. The number of piperidine rings is 1. The van der Waals surface area contributed by atoms with Gasteiger partial charge in [0.15, 0.2) is 0 Å². The highest BCUT2D eigenvalue weighted by atomic mass is 16.4. The van der Waals surface area contributed by atoms with Crippen molar-refractivity contribution in [2.75, 3.05) is 6.54 Å². The maximum absolute atomic E-state index is 11.7. The van der Waals surface area contributed by atoms with Crippen molar-refractivity contribution in [3.8, 4) is 0 Å². The van der Waals surface area contributed by atoms with Crippen molar-refractivity contribution in [3.63, 3.8) is 0 Å². The zero-order valence-electron chi connectivity index (χ0n) is 9.56. The van der Waals surface area contributed by atoms with Gasteiger partial charge in [0.25, 0.3) is 0 Å². The Morgan fingerprint density at radius 1 is 1.53 bits per heavy atom. The van der Waals surface area contributed by atoms with Crippen LogP contribution in [-0.4, -0.2) is 34.5 Å². The van der Waals surface area contributed by atoms with Crippen molar-refractivity contribution in [1.29, 1.82) is 0 Å². The number of carbonyl (C=O) groups is 2. The van der Waals surface area contributed by atoms with Gasteiger partial charge in [0.05, 0.1) is 5.92 Å². The highest BCUT2D eigenvalue weighted by molar-refractivity contribution is 5.81. The van der Waals surface area contributed by atoms with Crippen LogP contribution in [0.2, 0.25) is 0 Å². The first-order chi connectivity index (χ1) is 6.99. The van der Waals surface area contributed by atoms with Gasteiger partial charge in [-0.2, -0.15) is 0 Å². The van der Waals surface area contributed by atoms with Crippen LogP contribution >= 0.6 is 0 Å². The molecule has 0 radical (unpaired) electrons. The molecule has 1 N–H and O–H groups in total. The van der Waals surface area contributed by atoms with E-state index in [0.717, 1.165) is 6.42 Å². The second-order valence-corrected chi connectivity index (χ2v) is 4.37. The Morgan fingerprint density at radius 3 is 2.60 bits per heavy atom. The highest BCUT2D eigenvalue weighted by Gasteiger charge is 2.41. The van der Waals surface area contributed by atoms with Gasteiger partial charge in [-0.25, -0.2) is 0 Å². The number of rotatable bonds is 3. The lowest BCUT2D eigenvalue weighted by atomic mass is 9.81. The number of carboxylic acid groups (broad SMARTS) is 1. The van der Waals surface area contributed by atoms with E-state index in [9.17, 15) is 9.59 Å². The van der Waals surface area contributed by atoms with Crippen molar-refractivity contribution in [1.82, 2.24) is 4.90 Å². The molecule has 4 nitrogen and oxygen atoms in total. The fourth-order valence-electron chi connectivity index (χ4n) is 2.44. The lowest BCUT2D eigenvalue weighted by Crippen LogP contribution is -2.52. The average molecular weight is 213 g/mol. The summed E-state index contributed by atoms with van der Waals surface area (Å²) in [6.45, 7) is 6.34. The van der Waals surface area contributed by atoms with Crippen LogP contribution < -0.4 is 0 Å². The van der Waals surface area contributed by atoms with E-state index in [1.165, 1.54) is 0 Å². The van der Waals surface area contributed by atoms with E-state index in [2.05, 4.69) is 0 Å². The lowest BCUT2D eigenvalue weighted by molar-refractivity contribution is -0.154. The van der Waals surface area contributed by atoms with E-state index >= 15 is 0 Å². The normalized spacial score (nSPS) is 31.8. The van der Waals surface area contributed by atoms with Gasteiger partial charge < -0.3 is 10.0 Å². The van der Waals surface area contributed by atoms with Crippen LogP contribution in [0.25, 0.3) is 0 Å². The fraction of sp³-hybridized carbons (Fsp3) is 0.818. The van der Waals surface area contributed by atoms with Crippen LogP contribution in [0.15, 0.2) is 0 Å². The van der Waals surface area contributed by atoms with E-state index in [1.54, 1.807) is 4.90 Å². The molecule has 0 aromatic heterocycles. The Morgan fingerprint density at radius 2 is 2.13 bits per heavy atom. The summed E-state index contributed by atoms with van der Waals surface area (Å²) in [4.78, 5) is 24.5. The molecule has 0 saturated carbocycles. The van der Waals surface area contributed by atoms with Crippen molar-refractivity contribution in [3.05, 3.63) is 0 Å². The molecule has 3 unspecified atom stereocenters. The molecule has 1 fully saturated rings. The molecule has 1 aliphatic heterocycles. The molecule has 0 aliphatic carbocycles. The van der Waals surface area contributed by atoms with Crippen LogP contribution in [-0.2, 0) is 9.59 Å². The maximum atomic E-state index is 11.7. The zero-order valence-corrected chi connectivity index (χ0v) is 9.56. The molecule has 86 valence electrons. The molecule has 0 aromatic carbocycles. The van der Waals surface area contributed by atoms with E-state index < -0.39 is 11.9 Å². The molecule has 4 heteroatoms. The monoisotopic (exact) mass is 213 g/mol. The minimum Gasteiger partial charge on any atom is -0.481 e. The predicted octanol–water partition coefficient (Wildman–Crippen LogP) is 1.35. The smallest absolute Gasteiger partial charge is 0.308 e. The summed E-state index contributed by atoms with van der Waals surface area (Å²) in [5.74, 6) is -1.18. The van der Waals surface area contributed by atoms with Gasteiger partial charge in [-0.15, -0.1) is 0 Å². The Kier molecular flexibility index (Phi) is 3.72. The summed E-state index contributed by atoms with van der Waals surface area (Å²) < 4.78 is 0. The first-order valence-corrected chi connectivity index (χ1v) is 5.51. The SMILES string of the molecule is CCCN1C(=O)CC(C)C(C(=O)O)C1C. The molecule has 1 amide bonds. The molecule has 0 aromatic rings. The third-order valence-corrected chi connectivity index (χ3v) is 3.19. The third kappa shape index (κ3) is 2.30. The topological polar surface area (TPSA) is 57.6 Å². The van der Waals surface area contributed by atoms with Gasteiger partial charge in [-0.05, 0) is 19.3 Å². The molecule has 3 atom stereocenters. The van der Waals surface area contributed by atoms with Crippen LogP contribution in [0.1, 0.15) is 33.6 Å². The Bertz CT molecular complexity index is 265. The Hall–Kier alpha value is -1.06. The summed E-state index contributed by atoms with van der Waals surface area (Å²) in [5.41, 5.74) is 0. The van der Waals surface area contributed by atoms with E-state index in [1.807, 2.05) is 20.8 Å². The van der Waals surface area contributed by atoms with Crippen molar-refractivity contribution in [2.24, 2.45) is 11.8 Å². The number of nitrogens with zero attached hydrogens (tertiary/aromatic N) is 1. The number of likely N-dealkylation sites (tertiary alicyclic amines) is 1. The number of hydrogen-bond donors (Lipinski definition) is 1. The van der Waals surface area contributed by atoms with E-state index in [-0.39, 0.29) is 17.9 Å². The van der Waals surface area contributed by atoms with Crippen LogP contribution in [0, 0.1) is 11.8 Å². The molecule has 0 spiro atoms. The summed E-state index contributed by atoms with van der Waals surface area (Å²) >= 11 is 0. The van der Waals surface area contributed by atoms with E-state index in [0.29, 0.717) is 13.0 Å². The van der Waals surface area contributed by atoms with Gasteiger partial charge in [0.1, 0.15) is 0 Å².